The Morgan fingerprint density at radius 3 is 3.00 bits per heavy atom. The fourth-order valence-electron chi connectivity index (χ4n) is 3.07. The molecule has 2 aliphatic rings. The van der Waals surface area contributed by atoms with E-state index in [1.54, 1.807) is 0 Å². The van der Waals surface area contributed by atoms with Crippen LogP contribution in [0.4, 0.5) is 0 Å². The first-order valence-corrected chi connectivity index (χ1v) is 8.20. The van der Waals surface area contributed by atoms with E-state index < -0.39 is 0 Å². The molecule has 3 atom stereocenters. The zero-order valence-corrected chi connectivity index (χ0v) is 12.0. The molecule has 2 fully saturated rings. The number of hydrogen-bond donors (Lipinski definition) is 0. The molecule has 1 saturated carbocycles. The molecule has 2 rings (SSSR count). The standard InChI is InChI=1S/C14H25NOS/c1-3-12-4-5-14(16)13(8-12)9-15-6-7-17-10-11(15)2/h11-13H,3-10H2,1-2H3. The van der Waals surface area contributed by atoms with E-state index in [0.717, 1.165) is 31.7 Å². The molecule has 0 bridgehead atoms. The number of ketones is 1. The molecule has 0 radical (unpaired) electrons. The molecule has 0 spiro atoms. The van der Waals surface area contributed by atoms with Crippen molar-refractivity contribution in [2.24, 2.45) is 11.8 Å². The lowest BCUT2D eigenvalue weighted by Gasteiger charge is -2.37. The normalized spacial score (nSPS) is 36.1. The summed E-state index contributed by atoms with van der Waals surface area (Å²) in [5.74, 6) is 4.13. The Bertz CT molecular complexity index is 269. The van der Waals surface area contributed by atoms with Crippen molar-refractivity contribution >= 4 is 17.5 Å². The zero-order chi connectivity index (χ0) is 12.3. The number of hydrogen-bond acceptors (Lipinski definition) is 3. The van der Waals surface area contributed by atoms with Gasteiger partial charge in [-0.25, -0.2) is 0 Å². The van der Waals surface area contributed by atoms with Gasteiger partial charge in [0.15, 0.2) is 0 Å². The molecule has 1 heterocycles. The van der Waals surface area contributed by atoms with Crippen molar-refractivity contribution in [3.05, 3.63) is 0 Å². The Hall–Kier alpha value is -0.0200. The van der Waals surface area contributed by atoms with Gasteiger partial charge in [0, 0.05) is 43.0 Å². The second-order valence-corrected chi connectivity index (χ2v) is 6.78. The molecular formula is C14H25NOS. The van der Waals surface area contributed by atoms with Crippen LogP contribution in [0, 0.1) is 11.8 Å². The Morgan fingerprint density at radius 1 is 1.47 bits per heavy atom. The highest BCUT2D eigenvalue weighted by Crippen LogP contribution is 2.30. The fraction of sp³-hybridized carbons (Fsp3) is 0.929. The Balaban J connectivity index is 1.89. The molecule has 0 aromatic rings. The van der Waals surface area contributed by atoms with Gasteiger partial charge >= 0.3 is 0 Å². The van der Waals surface area contributed by atoms with Crippen LogP contribution in [0.1, 0.15) is 39.5 Å². The maximum Gasteiger partial charge on any atom is 0.137 e. The van der Waals surface area contributed by atoms with Crippen molar-refractivity contribution in [2.45, 2.75) is 45.6 Å². The third kappa shape index (κ3) is 3.47. The quantitative estimate of drug-likeness (QED) is 0.773. The number of carbonyl (C=O) groups is 1. The van der Waals surface area contributed by atoms with Gasteiger partial charge in [-0.15, -0.1) is 0 Å². The van der Waals surface area contributed by atoms with Crippen LogP contribution in [0.15, 0.2) is 0 Å². The van der Waals surface area contributed by atoms with E-state index in [0.29, 0.717) is 17.7 Å². The second kappa shape index (κ2) is 6.24. The molecule has 98 valence electrons. The second-order valence-electron chi connectivity index (χ2n) is 5.63. The highest BCUT2D eigenvalue weighted by molar-refractivity contribution is 7.99. The minimum Gasteiger partial charge on any atom is -0.299 e. The van der Waals surface area contributed by atoms with Gasteiger partial charge < -0.3 is 0 Å². The molecule has 3 unspecified atom stereocenters. The lowest BCUT2D eigenvalue weighted by molar-refractivity contribution is -0.126. The molecule has 1 aliphatic carbocycles. The summed E-state index contributed by atoms with van der Waals surface area (Å²) in [6.45, 7) is 6.76. The molecule has 1 aliphatic heterocycles. The highest BCUT2D eigenvalue weighted by atomic mass is 32.2. The van der Waals surface area contributed by atoms with Gasteiger partial charge in [0.25, 0.3) is 0 Å². The topological polar surface area (TPSA) is 20.3 Å². The number of rotatable bonds is 3. The maximum atomic E-state index is 12.0. The first-order chi connectivity index (χ1) is 8.20. The van der Waals surface area contributed by atoms with E-state index >= 15 is 0 Å². The van der Waals surface area contributed by atoms with Gasteiger partial charge in [-0.2, -0.15) is 11.8 Å². The number of nitrogens with zero attached hydrogens (tertiary/aromatic N) is 1. The number of carbonyl (C=O) groups excluding carboxylic acids is 1. The van der Waals surface area contributed by atoms with Crippen LogP contribution in [-0.2, 0) is 4.79 Å². The Morgan fingerprint density at radius 2 is 2.29 bits per heavy atom. The van der Waals surface area contributed by atoms with Gasteiger partial charge in [0.1, 0.15) is 5.78 Å². The molecule has 0 aromatic heterocycles. The van der Waals surface area contributed by atoms with Gasteiger partial charge in [0.05, 0.1) is 0 Å². The number of thioether (sulfide) groups is 1. The van der Waals surface area contributed by atoms with E-state index in [2.05, 4.69) is 18.7 Å². The monoisotopic (exact) mass is 255 g/mol. The van der Waals surface area contributed by atoms with Crippen LogP contribution < -0.4 is 0 Å². The SMILES string of the molecule is CCC1CCC(=O)C(CN2CCSCC2C)C1. The predicted octanol–water partition coefficient (Wildman–Crippen LogP) is 2.82. The minimum absolute atomic E-state index is 0.333. The van der Waals surface area contributed by atoms with Crippen LogP contribution in [0.2, 0.25) is 0 Å². The van der Waals surface area contributed by atoms with Gasteiger partial charge in [-0.1, -0.05) is 13.3 Å². The molecule has 1 saturated heterocycles. The molecule has 0 amide bonds. The summed E-state index contributed by atoms with van der Waals surface area (Å²) < 4.78 is 0. The smallest absolute Gasteiger partial charge is 0.137 e. The number of Topliss-reactive ketones (excluding diaryl/α,β-unsaturated/α-hetero) is 1. The lowest BCUT2D eigenvalue weighted by atomic mass is 9.79. The first kappa shape index (κ1) is 13.4. The third-order valence-corrected chi connectivity index (χ3v) is 5.60. The summed E-state index contributed by atoms with van der Waals surface area (Å²) in [6.07, 6.45) is 4.36. The third-order valence-electron chi connectivity index (χ3n) is 4.41. The highest BCUT2D eigenvalue weighted by Gasteiger charge is 2.31. The molecule has 2 nitrogen and oxygen atoms in total. The zero-order valence-electron chi connectivity index (χ0n) is 11.2. The summed E-state index contributed by atoms with van der Waals surface area (Å²) in [5.41, 5.74) is 0. The van der Waals surface area contributed by atoms with E-state index in [4.69, 9.17) is 0 Å². The summed E-state index contributed by atoms with van der Waals surface area (Å²) in [5, 5.41) is 0. The van der Waals surface area contributed by atoms with Crippen molar-refractivity contribution in [3.63, 3.8) is 0 Å². The van der Waals surface area contributed by atoms with Gasteiger partial charge in [-0.3, -0.25) is 9.69 Å². The molecular weight excluding hydrogens is 230 g/mol. The molecule has 17 heavy (non-hydrogen) atoms. The lowest BCUT2D eigenvalue weighted by Crippen LogP contribution is -2.45. The van der Waals surface area contributed by atoms with E-state index in [9.17, 15) is 4.79 Å². The first-order valence-electron chi connectivity index (χ1n) is 7.05. The summed E-state index contributed by atoms with van der Waals surface area (Å²) in [6, 6.07) is 0.656. The largest absolute Gasteiger partial charge is 0.299 e. The summed E-state index contributed by atoms with van der Waals surface area (Å²) in [4.78, 5) is 14.5. The van der Waals surface area contributed by atoms with Crippen molar-refractivity contribution < 1.29 is 4.79 Å². The van der Waals surface area contributed by atoms with Crippen LogP contribution in [0.3, 0.4) is 0 Å². The van der Waals surface area contributed by atoms with Gasteiger partial charge in [0.2, 0.25) is 0 Å². The molecule has 3 heteroatoms. The minimum atomic E-state index is 0.333. The average molecular weight is 255 g/mol. The van der Waals surface area contributed by atoms with Crippen molar-refractivity contribution in [1.82, 2.24) is 4.90 Å². The maximum absolute atomic E-state index is 12.0. The van der Waals surface area contributed by atoms with Crippen LogP contribution in [-0.4, -0.2) is 41.3 Å². The predicted molar refractivity (Wildman–Crippen MR) is 74.5 cm³/mol. The summed E-state index contributed by atoms with van der Waals surface area (Å²) in [7, 11) is 0. The van der Waals surface area contributed by atoms with Crippen molar-refractivity contribution in [3.8, 4) is 0 Å². The van der Waals surface area contributed by atoms with E-state index in [-0.39, 0.29) is 0 Å². The van der Waals surface area contributed by atoms with E-state index in [1.165, 1.54) is 24.5 Å². The average Bonchev–Trinajstić information content (AvgIpc) is 2.35. The van der Waals surface area contributed by atoms with Crippen LogP contribution >= 0.6 is 11.8 Å². The van der Waals surface area contributed by atoms with Crippen LogP contribution in [0.25, 0.3) is 0 Å². The van der Waals surface area contributed by atoms with Crippen molar-refractivity contribution in [2.75, 3.05) is 24.6 Å². The van der Waals surface area contributed by atoms with Gasteiger partial charge in [-0.05, 0) is 25.7 Å². The summed E-state index contributed by atoms with van der Waals surface area (Å²) >= 11 is 2.05. The Kier molecular flexibility index (Phi) is 4.92. The molecule has 0 N–H and O–H groups in total. The van der Waals surface area contributed by atoms with Crippen molar-refractivity contribution in [1.29, 1.82) is 0 Å². The molecule has 0 aromatic carbocycles. The van der Waals surface area contributed by atoms with Crippen LogP contribution in [0.5, 0.6) is 0 Å². The fourth-order valence-corrected chi connectivity index (χ4v) is 4.15. The Labute approximate surface area is 110 Å². The van der Waals surface area contributed by atoms with E-state index in [1.807, 2.05) is 11.8 Å².